The zero-order valence-corrected chi connectivity index (χ0v) is 17.2. The van der Waals surface area contributed by atoms with Gasteiger partial charge in [-0.1, -0.05) is 18.7 Å². The Morgan fingerprint density at radius 3 is 2.73 bits per heavy atom. The van der Waals surface area contributed by atoms with Crippen LogP contribution in [0.25, 0.3) is 11.2 Å². The zero-order chi connectivity index (χ0) is 19.2. The predicted molar refractivity (Wildman–Crippen MR) is 110 cm³/mol. The van der Waals surface area contributed by atoms with E-state index in [0.717, 1.165) is 6.16 Å². The summed E-state index contributed by atoms with van der Waals surface area (Å²) < 4.78 is 7.88. The second-order valence-corrected chi connectivity index (χ2v) is 12.6. The number of aromatic nitrogens is 3. The van der Waals surface area contributed by atoms with Crippen molar-refractivity contribution in [2.75, 3.05) is 31.5 Å². The summed E-state index contributed by atoms with van der Waals surface area (Å²) in [5.41, 5.74) is 7.65. The van der Waals surface area contributed by atoms with E-state index < -0.39 is 31.4 Å². The molecule has 0 radical (unpaired) electrons. The largest absolute Gasteiger partial charge is 0.397 e. The molecule has 0 amide bonds. The standard InChI is InChI=1S/C17H27N4O3PS/c1-9(8-25(2,3)4)14-12(22)13(23)16(24-14)21-15-11(20-17(21)26-5)10(18)6-7-19-15/h6-7,9,12-14,16,22-23H,2,8H2,1,3-5H3,(H2,18,19)/t9?,12-,13+,14+,16+/m0/s1. The van der Waals surface area contributed by atoms with Crippen LogP contribution >= 0.6 is 18.6 Å². The zero-order valence-electron chi connectivity index (χ0n) is 15.5. The van der Waals surface area contributed by atoms with Crippen LogP contribution in [0.2, 0.25) is 0 Å². The van der Waals surface area contributed by atoms with Crippen LogP contribution in [0.1, 0.15) is 13.2 Å². The minimum Gasteiger partial charge on any atom is -0.397 e. The molecule has 9 heteroatoms. The summed E-state index contributed by atoms with van der Waals surface area (Å²) in [5, 5.41) is 22.0. The van der Waals surface area contributed by atoms with Gasteiger partial charge in [0.1, 0.15) is 17.7 Å². The Balaban J connectivity index is 1.99. The molecular weight excluding hydrogens is 371 g/mol. The van der Waals surface area contributed by atoms with Crippen LogP contribution in [0, 0.1) is 5.92 Å². The number of hydrogen-bond acceptors (Lipinski definition) is 7. The Morgan fingerprint density at radius 1 is 1.42 bits per heavy atom. The van der Waals surface area contributed by atoms with E-state index in [1.165, 1.54) is 11.8 Å². The molecule has 5 atom stereocenters. The van der Waals surface area contributed by atoms with Gasteiger partial charge in [-0.25, -0.2) is 9.97 Å². The molecule has 3 heterocycles. The van der Waals surface area contributed by atoms with Gasteiger partial charge in [0.05, 0.1) is 11.8 Å². The average Bonchev–Trinajstić information content (AvgIpc) is 3.05. The van der Waals surface area contributed by atoms with Gasteiger partial charge in [-0.05, 0) is 37.7 Å². The maximum Gasteiger partial charge on any atom is 0.172 e. The molecule has 0 aliphatic carbocycles. The highest BCUT2D eigenvalue weighted by Crippen LogP contribution is 2.43. The molecule has 7 nitrogen and oxygen atoms in total. The molecule has 1 fully saturated rings. The van der Waals surface area contributed by atoms with E-state index in [1.807, 2.05) is 13.2 Å². The first-order valence-electron chi connectivity index (χ1n) is 8.49. The van der Waals surface area contributed by atoms with Gasteiger partial charge in [0.15, 0.2) is 17.0 Å². The molecule has 1 saturated heterocycles. The van der Waals surface area contributed by atoms with Crippen molar-refractivity contribution in [3.8, 4) is 0 Å². The van der Waals surface area contributed by atoms with Crippen LogP contribution in [0.15, 0.2) is 17.4 Å². The minimum atomic E-state index is -1.29. The van der Waals surface area contributed by atoms with Crippen molar-refractivity contribution in [2.45, 2.75) is 36.6 Å². The highest BCUT2D eigenvalue weighted by molar-refractivity contribution is 7.98. The number of nitrogens with zero attached hydrogens (tertiary/aromatic N) is 3. The number of rotatable bonds is 5. The highest BCUT2D eigenvalue weighted by atomic mass is 32.2. The summed E-state index contributed by atoms with van der Waals surface area (Å²) in [4.78, 5) is 8.90. The van der Waals surface area contributed by atoms with Crippen molar-refractivity contribution in [3.63, 3.8) is 0 Å². The summed E-state index contributed by atoms with van der Waals surface area (Å²) in [6, 6.07) is 1.69. The van der Waals surface area contributed by atoms with E-state index in [0.29, 0.717) is 22.0 Å². The molecule has 3 rings (SSSR count). The van der Waals surface area contributed by atoms with Gasteiger partial charge in [-0.2, -0.15) is 0 Å². The normalized spacial score (nSPS) is 27.9. The molecule has 26 heavy (non-hydrogen) atoms. The van der Waals surface area contributed by atoms with Crippen LogP contribution in [0.4, 0.5) is 5.69 Å². The van der Waals surface area contributed by atoms with Crippen LogP contribution in [0.5, 0.6) is 0 Å². The topological polar surface area (TPSA) is 106 Å². The summed E-state index contributed by atoms with van der Waals surface area (Å²) in [5.74, 6) is 0.0797. The third kappa shape index (κ3) is 3.53. The number of nitrogens with two attached hydrogens (primary N) is 1. The molecule has 0 bridgehead atoms. The first kappa shape index (κ1) is 19.7. The van der Waals surface area contributed by atoms with E-state index in [2.05, 4.69) is 29.6 Å². The van der Waals surface area contributed by atoms with E-state index in [9.17, 15) is 10.2 Å². The molecule has 4 N–H and O–H groups in total. The molecular formula is C17H27N4O3PS. The quantitative estimate of drug-likeness (QED) is 0.520. The van der Waals surface area contributed by atoms with E-state index in [4.69, 9.17) is 10.5 Å². The van der Waals surface area contributed by atoms with Crippen LogP contribution in [0.3, 0.4) is 0 Å². The van der Waals surface area contributed by atoms with Gasteiger partial charge in [0.25, 0.3) is 0 Å². The lowest BCUT2D eigenvalue weighted by atomic mass is 10.0. The highest BCUT2D eigenvalue weighted by Gasteiger charge is 2.47. The Hall–Kier alpha value is -1.05. The number of imidazole rings is 1. The van der Waals surface area contributed by atoms with Gasteiger partial charge in [-0.3, -0.25) is 4.57 Å². The lowest BCUT2D eigenvalue weighted by molar-refractivity contribution is -0.0527. The molecule has 0 spiro atoms. The van der Waals surface area contributed by atoms with E-state index >= 15 is 0 Å². The molecule has 0 aromatic carbocycles. The van der Waals surface area contributed by atoms with Gasteiger partial charge in [0.2, 0.25) is 0 Å². The van der Waals surface area contributed by atoms with Crippen LogP contribution in [-0.2, 0) is 4.74 Å². The molecule has 1 aliphatic heterocycles. The number of aliphatic hydroxyl groups is 2. The maximum absolute atomic E-state index is 10.7. The van der Waals surface area contributed by atoms with Crippen molar-refractivity contribution in [1.29, 1.82) is 0 Å². The maximum atomic E-state index is 10.7. The molecule has 0 saturated carbocycles. The number of hydrogen-bond donors (Lipinski definition) is 3. The monoisotopic (exact) mass is 398 g/mol. The van der Waals surface area contributed by atoms with Gasteiger partial charge in [-0.15, -0.1) is 13.2 Å². The van der Waals surface area contributed by atoms with Crippen molar-refractivity contribution >= 4 is 41.8 Å². The van der Waals surface area contributed by atoms with Crippen molar-refractivity contribution in [1.82, 2.24) is 14.5 Å². The second kappa shape index (κ2) is 7.17. The number of anilines is 1. The summed E-state index contributed by atoms with van der Waals surface area (Å²) in [6.45, 7) is 5.06. The number of aliphatic hydroxyl groups excluding tert-OH is 2. The number of pyridine rings is 1. The Morgan fingerprint density at radius 2 is 2.12 bits per heavy atom. The number of fused-ring (bicyclic) bond motifs is 1. The molecule has 1 aliphatic rings. The average molecular weight is 398 g/mol. The van der Waals surface area contributed by atoms with E-state index in [1.54, 1.807) is 16.8 Å². The van der Waals surface area contributed by atoms with Gasteiger partial charge >= 0.3 is 0 Å². The Bertz CT molecular complexity index is 852. The van der Waals surface area contributed by atoms with Crippen molar-refractivity contribution in [2.24, 2.45) is 5.92 Å². The fourth-order valence-corrected chi connectivity index (χ4v) is 5.95. The summed E-state index contributed by atoms with van der Waals surface area (Å²) >= 11 is 1.42. The predicted octanol–water partition coefficient (Wildman–Crippen LogP) is 1.70. The lowest BCUT2D eigenvalue weighted by Crippen LogP contribution is -2.36. The SMILES string of the molecule is C=P(C)(C)CC(C)[C@H]1O[C@@H](n2c(SC)nc3c(N)ccnc32)[C@H](O)[C@@H]1O. The minimum absolute atomic E-state index is 0.0797. The first-order chi connectivity index (χ1) is 12.1. The third-order valence-corrected chi connectivity index (χ3v) is 6.85. The lowest BCUT2D eigenvalue weighted by Gasteiger charge is -2.26. The van der Waals surface area contributed by atoms with Crippen LogP contribution in [-0.4, -0.2) is 75.1 Å². The number of thioether (sulfide) groups is 1. The number of nitrogen functional groups attached to an aromatic ring is 1. The van der Waals surface area contributed by atoms with Crippen LogP contribution < -0.4 is 5.73 Å². The molecule has 144 valence electrons. The van der Waals surface area contributed by atoms with Crippen molar-refractivity contribution in [3.05, 3.63) is 12.3 Å². The number of ether oxygens (including phenoxy) is 1. The second-order valence-electron chi connectivity index (χ2n) is 7.61. The Labute approximate surface area is 157 Å². The smallest absolute Gasteiger partial charge is 0.172 e. The molecule has 2 aromatic heterocycles. The van der Waals surface area contributed by atoms with Gasteiger partial charge < -0.3 is 20.7 Å². The van der Waals surface area contributed by atoms with E-state index in [-0.39, 0.29) is 5.92 Å². The summed E-state index contributed by atoms with van der Waals surface area (Å²) in [7, 11) is 0. The molecule has 1 unspecified atom stereocenters. The van der Waals surface area contributed by atoms with Gasteiger partial charge in [0, 0.05) is 6.20 Å². The Kier molecular flexibility index (Phi) is 5.43. The molecule has 2 aromatic rings. The fraction of sp³-hybridized carbons (Fsp3) is 0.588. The fourth-order valence-electron chi connectivity index (χ4n) is 3.61. The summed E-state index contributed by atoms with van der Waals surface area (Å²) in [6.07, 6.45) is 5.34. The third-order valence-electron chi connectivity index (χ3n) is 4.63. The first-order valence-corrected chi connectivity index (χ1v) is 12.8. The van der Waals surface area contributed by atoms with Crippen molar-refractivity contribution < 1.29 is 14.9 Å².